The van der Waals surface area contributed by atoms with Crippen LogP contribution in [0, 0.1) is 0 Å². The first-order chi connectivity index (χ1) is 11.0. The zero-order chi connectivity index (χ0) is 16.7. The molecule has 132 valence electrons. The lowest BCUT2D eigenvalue weighted by Gasteiger charge is -2.20. The predicted molar refractivity (Wildman–Crippen MR) is 83.5 cm³/mol. The Bertz CT molecular complexity index is 437. The number of hydrogen-bond donors (Lipinski definition) is 2. The first-order valence-electron chi connectivity index (χ1n) is 7.98. The molecule has 0 aromatic rings. The minimum absolute atomic E-state index is 0.00541. The fraction of sp³-hybridized carbons (Fsp3) is 0.800. The summed E-state index contributed by atoms with van der Waals surface area (Å²) in [6, 6.07) is 0.00541. The predicted octanol–water partition coefficient (Wildman–Crippen LogP) is 1.52. The van der Waals surface area contributed by atoms with Crippen LogP contribution in [0.1, 0.15) is 19.3 Å². The van der Waals surface area contributed by atoms with Crippen LogP contribution in [0.5, 0.6) is 0 Å². The van der Waals surface area contributed by atoms with E-state index in [1.807, 2.05) is 0 Å². The number of guanidine groups is 1. The number of halogens is 3. The van der Waals surface area contributed by atoms with Crippen molar-refractivity contribution < 1.29 is 17.9 Å². The summed E-state index contributed by atoms with van der Waals surface area (Å²) in [4.78, 5) is 5.57. The molecule has 1 saturated heterocycles. The van der Waals surface area contributed by atoms with Crippen LogP contribution in [0.15, 0.2) is 16.6 Å². The molecular weight excluding hydrogens is 309 g/mol. The molecule has 0 aromatic carbocycles. The van der Waals surface area contributed by atoms with Crippen LogP contribution in [0.2, 0.25) is 0 Å². The Morgan fingerprint density at radius 3 is 2.96 bits per heavy atom. The van der Waals surface area contributed by atoms with Crippen LogP contribution in [0.25, 0.3) is 0 Å². The Balaban J connectivity index is 1.68. The minimum Gasteiger partial charge on any atom is -0.377 e. The van der Waals surface area contributed by atoms with Crippen molar-refractivity contribution in [1.82, 2.24) is 15.5 Å². The van der Waals surface area contributed by atoms with Crippen molar-refractivity contribution in [3.8, 4) is 0 Å². The summed E-state index contributed by atoms with van der Waals surface area (Å²) >= 11 is 0. The molecule has 0 aliphatic carbocycles. The van der Waals surface area contributed by atoms with Gasteiger partial charge in [-0.25, -0.2) is 0 Å². The van der Waals surface area contributed by atoms with E-state index in [9.17, 15) is 13.2 Å². The third kappa shape index (κ3) is 6.78. The number of aliphatic imine (C=N–C) groups is 1. The van der Waals surface area contributed by atoms with E-state index < -0.39 is 12.7 Å². The molecule has 8 heteroatoms. The first kappa shape index (κ1) is 18.1. The maximum atomic E-state index is 12.4. The molecule has 2 heterocycles. The summed E-state index contributed by atoms with van der Waals surface area (Å²) < 4.78 is 42.4. The van der Waals surface area contributed by atoms with E-state index in [0.29, 0.717) is 32.1 Å². The largest absolute Gasteiger partial charge is 0.401 e. The molecule has 1 atom stereocenters. The van der Waals surface area contributed by atoms with Gasteiger partial charge in [0.1, 0.15) is 0 Å². The highest BCUT2D eigenvalue weighted by atomic mass is 19.4. The molecule has 0 amide bonds. The Morgan fingerprint density at radius 1 is 1.48 bits per heavy atom. The van der Waals surface area contributed by atoms with Crippen molar-refractivity contribution in [2.24, 2.45) is 4.99 Å². The Labute approximate surface area is 135 Å². The van der Waals surface area contributed by atoms with Crippen LogP contribution >= 0.6 is 0 Å². The molecule has 2 N–H and O–H groups in total. The average molecular weight is 334 g/mol. The van der Waals surface area contributed by atoms with Crippen molar-refractivity contribution >= 4 is 5.96 Å². The lowest BCUT2D eigenvalue weighted by molar-refractivity contribution is -0.143. The Morgan fingerprint density at radius 2 is 2.30 bits per heavy atom. The third-order valence-corrected chi connectivity index (χ3v) is 4.04. The van der Waals surface area contributed by atoms with Crippen molar-refractivity contribution in [3.05, 3.63) is 11.6 Å². The highest BCUT2D eigenvalue weighted by molar-refractivity contribution is 5.80. The maximum Gasteiger partial charge on any atom is 0.401 e. The van der Waals surface area contributed by atoms with Gasteiger partial charge in [0.2, 0.25) is 0 Å². The van der Waals surface area contributed by atoms with Gasteiger partial charge in [-0.1, -0.05) is 11.6 Å². The molecule has 0 aromatic heterocycles. The molecule has 1 unspecified atom stereocenters. The molecule has 23 heavy (non-hydrogen) atoms. The average Bonchev–Trinajstić information content (AvgIpc) is 2.92. The van der Waals surface area contributed by atoms with E-state index >= 15 is 0 Å². The van der Waals surface area contributed by atoms with Gasteiger partial charge >= 0.3 is 6.18 Å². The summed E-state index contributed by atoms with van der Waals surface area (Å²) in [6.45, 7) is 2.22. The summed E-state index contributed by atoms with van der Waals surface area (Å²) in [5, 5.41) is 6.43. The van der Waals surface area contributed by atoms with E-state index in [4.69, 9.17) is 4.74 Å². The number of nitrogens with one attached hydrogen (secondary N) is 2. The van der Waals surface area contributed by atoms with E-state index in [2.05, 4.69) is 21.7 Å². The highest BCUT2D eigenvalue weighted by Gasteiger charge is 2.34. The van der Waals surface area contributed by atoms with E-state index in [1.165, 1.54) is 10.5 Å². The fourth-order valence-electron chi connectivity index (χ4n) is 2.87. The van der Waals surface area contributed by atoms with Gasteiger partial charge in [-0.3, -0.25) is 9.89 Å². The van der Waals surface area contributed by atoms with Crippen LogP contribution in [-0.2, 0) is 4.74 Å². The van der Waals surface area contributed by atoms with Crippen LogP contribution in [0.4, 0.5) is 13.2 Å². The Kier molecular flexibility index (Phi) is 6.71. The van der Waals surface area contributed by atoms with Crippen molar-refractivity contribution in [2.45, 2.75) is 31.5 Å². The molecule has 0 bridgehead atoms. The molecule has 0 saturated carbocycles. The molecular formula is C15H25F3N4O. The topological polar surface area (TPSA) is 48.9 Å². The van der Waals surface area contributed by atoms with Crippen molar-refractivity contribution in [2.75, 3.05) is 46.4 Å². The lowest BCUT2D eigenvalue weighted by Crippen LogP contribution is -2.45. The van der Waals surface area contributed by atoms with Crippen LogP contribution in [-0.4, -0.2) is 69.5 Å². The monoisotopic (exact) mass is 334 g/mol. The first-order valence-corrected chi connectivity index (χ1v) is 7.98. The smallest absolute Gasteiger partial charge is 0.377 e. The number of alkyl halides is 3. The van der Waals surface area contributed by atoms with E-state index in [1.54, 1.807) is 7.05 Å². The zero-order valence-electron chi connectivity index (χ0n) is 13.5. The fourth-order valence-corrected chi connectivity index (χ4v) is 2.87. The number of ether oxygens (including phenoxy) is 1. The van der Waals surface area contributed by atoms with Gasteiger partial charge in [-0.15, -0.1) is 0 Å². The molecule has 0 radical (unpaired) electrons. The van der Waals surface area contributed by atoms with Gasteiger partial charge in [0.15, 0.2) is 5.96 Å². The van der Waals surface area contributed by atoms with Crippen LogP contribution in [0.3, 0.4) is 0 Å². The SMILES string of the molecule is CN=C(NCCC1=CCOCC1)NC1CCN(CC(F)(F)F)C1. The molecule has 2 rings (SSSR count). The molecule has 2 aliphatic rings. The van der Waals surface area contributed by atoms with Gasteiger partial charge in [-0.2, -0.15) is 13.2 Å². The lowest BCUT2D eigenvalue weighted by atomic mass is 10.1. The van der Waals surface area contributed by atoms with Crippen molar-refractivity contribution in [3.63, 3.8) is 0 Å². The number of likely N-dealkylation sites (tertiary alicyclic amines) is 1. The van der Waals surface area contributed by atoms with Gasteiger partial charge < -0.3 is 15.4 Å². The summed E-state index contributed by atoms with van der Waals surface area (Å²) in [5.41, 5.74) is 1.37. The van der Waals surface area contributed by atoms with Crippen LogP contribution < -0.4 is 10.6 Å². The molecule has 5 nitrogen and oxygen atoms in total. The Hall–Kier alpha value is -1.28. The van der Waals surface area contributed by atoms with Gasteiger partial charge in [0, 0.05) is 32.7 Å². The summed E-state index contributed by atoms with van der Waals surface area (Å²) in [7, 11) is 1.67. The number of nitrogens with zero attached hydrogens (tertiary/aromatic N) is 2. The molecule has 2 aliphatic heterocycles. The number of hydrogen-bond acceptors (Lipinski definition) is 3. The second kappa shape index (κ2) is 8.54. The number of rotatable bonds is 5. The second-order valence-corrected chi connectivity index (χ2v) is 5.92. The highest BCUT2D eigenvalue weighted by Crippen LogP contribution is 2.19. The summed E-state index contributed by atoms with van der Waals surface area (Å²) in [6.07, 6.45) is 0.552. The zero-order valence-corrected chi connectivity index (χ0v) is 13.5. The van der Waals surface area contributed by atoms with E-state index in [0.717, 1.165) is 26.0 Å². The van der Waals surface area contributed by atoms with Crippen molar-refractivity contribution in [1.29, 1.82) is 0 Å². The normalized spacial score (nSPS) is 23.7. The van der Waals surface area contributed by atoms with Gasteiger partial charge in [0.25, 0.3) is 0 Å². The molecule has 0 spiro atoms. The standard InChI is InChI=1S/C15H25F3N4O/c1-19-14(20-6-2-12-4-8-23-9-5-12)21-13-3-7-22(10-13)11-15(16,17)18/h4,13H,2-3,5-11H2,1H3,(H2,19,20,21). The molecule has 1 fully saturated rings. The van der Waals surface area contributed by atoms with Gasteiger partial charge in [-0.05, 0) is 19.3 Å². The van der Waals surface area contributed by atoms with E-state index in [-0.39, 0.29) is 6.04 Å². The second-order valence-electron chi connectivity index (χ2n) is 5.92. The summed E-state index contributed by atoms with van der Waals surface area (Å²) in [5.74, 6) is 0.650. The third-order valence-electron chi connectivity index (χ3n) is 4.04. The van der Waals surface area contributed by atoms with Gasteiger partial charge in [0.05, 0.1) is 19.8 Å². The quantitative estimate of drug-likeness (QED) is 0.455. The maximum absolute atomic E-state index is 12.4. The minimum atomic E-state index is -4.13.